The third-order valence-electron chi connectivity index (χ3n) is 4.18. The summed E-state index contributed by atoms with van der Waals surface area (Å²) in [6, 6.07) is 8.36. The maximum Gasteiger partial charge on any atom is 0.191 e. The van der Waals surface area contributed by atoms with Crippen molar-refractivity contribution in [3.8, 4) is 0 Å². The largest absolute Gasteiger partial charge is 0.380 e. The second-order valence-electron chi connectivity index (χ2n) is 6.43. The molecule has 0 radical (unpaired) electrons. The lowest BCUT2D eigenvalue weighted by Crippen LogP contribution is -2.38. The fourth-order valence-corrected chi connectivity index (χ4v) is 2.79. The van der Waals surface area contributed by atoms with E-state index in [4.69, 9.17) is 14.2 Å². The first-order valence-corrected chi connectivity index (χ1v) is 9.60. The molecule has 0 saturated carbocycles. The molecule has 1 atom stereocenters. The average Bonchev–Trinajstić information content (AvgIpc) is 3.17. The normalized spacial score (nSPS) is 16.8. The van der Waals surface area contributed by atoms with Crippen LogP contribution in [0.5, 0.6) is 0 Å². The molecule has 27 heavy (non-hydrogen) atoms. The molecule has 1 saturated heterocycles. The average molecular weight is 491 g/mol. The smallest absolute Gasteiger partial charge is 0.191 e. The van der Waals surface area contributed by atoms with Crippen molar-refractivity contribution in [1.82, 2.24) is 10.6 Å². The van der Waals surface area contributed by atoms with Crippen LogP contribution in [0, 0.1) is 0 Å². The number of methoxy groups -OCH3 is 1. The van der Waals surface area contributed by atoms with E-state index in [9.17, 15) is 0 Å². The first-order chi connectivity index (χ1) is 12.8. The van der Waals surface area contributed by atoms with Crippen LogP contribution in [0.4, 0.5) is 0 Å². The van der Waals surface area contributed by atoms with E-state index >= 15 is 0 Å². The molecule has 1 aromatic carbocycles. The highest BCUT2D eigenvalue weighted by atomic mass is 127. The third kappa shape index (κ3) is 10.3. The Kier molecular flexibility index (Phi) is 13.5. The summed E-state index contributed by atoms with van der Waals surface area (Å²) in [5.74, 6) is 0.840. The van der Waals surface area contributed by atoms with Crippen LogP contribution in [0.1, 0.15) is 37.3 Å². The summed E-state index contributed by atoms with van der Waals surface area (Å²) in [6.07, 6.45) is 3.54. The standard InChI is InChI=1S/C20H33N3O3.HI/c1-3-21-20(22-11-5-12-25-16-19-6-4-13-26-19)23-14-17-7-9-18(10-8-17)15-24-2;/h7-10,19H,3-6,11-16H2,1-2H3,(H2,21,22,23);1H. The van der Waals surface area contributed by atoms with E-state index in [2.05, 4.69) is 46.8 Å². The molecule has 6 nitrogen and oxygen atoms in total. The van der Waals surface area contributed by atoms with Crippen molar-refractivity contribution in [2.45, 2.75) is 45.4 Å². The van der Waals surface area contributed by atoms with Gasteiger partial charge in [-0.25, -0.2) is 4.99 Å². The number of nitrogens with one attached hydrogen (secondary N) is 2. The molecule has 154 valence electrons. The quantitative estimate of drug-likeness (QED) is 0.216. The minimum atomic E-state index is 0. The zero-order valence-electron chi connectivity index (χ0n) is 16.5. The van der Waals surface area contributed by atoms with E-state index in [0.29, 0.717) is 25.9 Å². The summed E-state index contributed by atoms with van der Waals surface area (Å²) in [7, 11) is 1.71. The van der Waals surface area contributed by atoms with Gasteiger partial charge < -0.3 is 24.8 Å². The number of aliphatic imine (C=N–C) groups is 1. The minimum Gasteiger partial charge on any atom is -0.380 e. The molecule has 1 aromatic rings. The Balaban J connectivity index is 0.00000364. The van der Waals surface area contributed by atoms with Crippen molar-refractivity contribution in [2.75, 3.05) is 40.0 Å². The van der Waals surface area contributed by atoms with E-state index in [1.54, 1.807) is 7.11 Å². The molecular weight excluding hydrogens is 457 g/mol. The molecule has 1 aliphatic heterocycles. The molecule has 2 N–H and O–H groups in total. The van der Waals surface area contributed by atoms with E-state index < -0.39 is 0 Å². The molecule has 1 fully saturated rings. The molecule has 0 bridgehead atoms. The Morgan fingerprint density at radius 2 is 2.00 bits per heavy atom. The number of ether oxygens (including phenoxy) is 3. The molecule has 0 amide bonds. The summed E-state index contributed by atoms with van der Waals surface area (Å²) in [4.78, 5) is 4.64. The van der Waals surface area contributed by atoms with Crippen LogP contribution < -0.4 is 10.6 Å². The lowest BCUT2D eigenvalue weighted by Gasteiger charge is -2.12. The summed E-state index contributed by atoms with van der Waals surface area (Å²) < 4.78 is 16.4. The van der Waals surface area contributed by atoms with Crippen LogP contribution in [0.3, 0.4) is 0 Å². The summed E-state index contributed by atoms with van der Waals surface area (Å²) in [6.45, 7) is 7.38. The van der Waals surface area contributed by atoms with Gasteiger partial charge in [0.1, 0.15) is 0 Å². The second-order valence-corrected chi connectivity index (χ2v) is 6.43. The van der Waals surface area contributed by atoms with Gasteiger partial charge in [0.25, 0.3) is 0 Å². The van der Waals surface area contributed by atoms with E-state index in [-0.39, 0.29) is 24.0 Å². The Morgan fingerprint density at radius 3 is 2.67 bits per heavy atom. The molecule has 1 unspecified atom stereocenters. The Labute approximate surface area is 180 Å². The number of halogens is 1. The summed E-state index contributed by atoms with van der Waals surface area (Å²) in [5, 5.41) is 6.64. The molecule has 1 heterocycles. The van der Waals surface area contributed by atoms with Gasteiger partial charge in [0, 0.05) is 33.4 Å². The van der Waals surface area contributed by atoms with Gasteiger partial charge in [-0.05, 0) is 37.3 Å². The van der Waals surface area contributed by atoms with Crippen molar-refractivity contribution in [1.29, 1.82) is 0 Å². The van der Waals surface area contributed by atoms with E-state index in [1.807, 2.05) is 0 Å². The second kappa shape index (κ2) is 15.1. The van der Waals surface area contributed by atoms with Crippen LogP contribution in [-0.2, 0) is 27.4 Å². The fraction of sp³-hybridized carbons (Fsp3) is 0.650. The van der Waals surface area contributed by atoms with Crippen LogP contribution in [0.15, 0.2) is 29.3 Å². The Morgan fingerprint density at radius 1 is 1.22 bits per heavy atom. The predicted octanol–water partition coefficient (Wildman–Crippen LogP) is 3.09. The molecule has 7 heteroatoms. The van der Waals surface area contributed by atoms with Gasteiger partial charge in [0.2, 0.25) is 0 Å². The van der Waals surface area contributed by atoms with Gasteiger partial charge in [0.05, 0.1) is 25.9 Å². The van der Waals surface area contributed by atoms with Crippen molar-refractivity contribution >= 4 is 29.9 Å². The van der Waals surface area contributed by atoms with Gasteiger partial charge in [-0.15, -0.1) is 24.0 Å². The topological polar surface area (TPSA) is 64.1 Å². The van der Waals surface area contributed by atoms with Crippen molar-refractivity contribution in [3.63, 3.8) is 0 Å². The Bertz CT molecular complexity index is 520. The van der Waals surface area contributed by atoms with Crippen molar-refractivity contribution in [3.05, 3.63) is 35.4 Å². The molecule has 0 aliphatic carbocycles. The number of hydrogen-bond acceptors (Lipinski definition) is 4. The zero-order chi connectivity index (χ0) is 18.5. The molecule has 0 spiro atoms. The highest BCUT2D eigenvalue weighted by Gasteiger charge is 2.14. The third-order valence-corrected chi connectivity index (χ3v) is 4.18. The lowest BCUT2D eigenvalue weighted by atomic mass is 10.1. The zero-order valence-corrected chi connectivity index (χ0v) is 18.9. The van der Waals surface area contributed by atoms with Gasteiger partial charge >= 0.3 is 0 Å². The number of guanidine groups is 1. The van der Waals surface area contributed by atoms with Gasteiger partial charge in [0.15, 0.2) is 5.96 Å². The first kappa shape index (κ1) is 24.1. The fourth-order valence-electron chi connectivity index (χ4n) is 2.79. The Hall–Kier alpha value is -0.900. The molecule has 2 rings (SSSR count). The van der Waals surface area contributed by atoms with Crippen LogP contribution >= 0.6 is 24.0 Å². The monoisotopic (exact) mass is 491 g/mol. The first-order valence-electron chi connectivity index (χ1n) is 9.60. The number of benzene rings is 1. The molecule has 0 aromatic heterocycles. The highest BCUT2D eigenvalue weighted by molar-refractivity contribution is 14.0. The molecular formula is C20H34IN3O3. The summed E-state index contributed by atoms with van der Waals surface area (Å²) >= 11 is 0. The maximum absolute atomic E-state index is 5.68. The van der Waals surface area contributed by atoms with Crippen LogP contribution in [0.2, 0.25) is 0 Å². The van der Waals surface area contributed by atoms with Gasteiger partial charge in [-0.1, -0.05) is 24.3 Å². The highest BCUT2D eigenvalue weighted by Crippen LogP contribution is 2.11. The lowest BCUT2D eigenvalue weighted by molar-refractivity contribution is 0.0168. The number of hydrogen-bond donors (Lipinski definition) is 2. The van der Waals surface area contributed by atoms with Crippen LogP contribution in [-0.4, -0.2) is 52.1 Å². The van der Waals surface area contributed by atoms with Crippen molar-refractivity contribution in [2.24, 2.45) is 4.99 Å². The van der Waals surface area contributed by atoms with Gasteiger partial charge in [-0.2, -0.15) is 0 Å². The van der Waals surface area contributed by atoms with E-state index in [1.165, 1.54) is 11.1 Å². The van der Waals surface area contributed by atoms with E-state index in [0.717, 1.165) is 51.5 Å². The number of rotatable bonds is 11. The number of nitrogens with zero attached hydrogens (tertiary/aromatic N) is 1. The van der Waals surface area contributed by atoms with Crippen molar-refractivity contribution < 1.29 is 14.2 Å². The van der Waals surface area contributed by atoms with Gasteiger partial charge in [-0.3, -0.25) is 0 Å². The molecule has 1 aliphatic rings. The SMILES string of the molecule is CCNC(=NCc1ccc(COC)cc1)NCCCOCC1CCCO1.I. The maximum atomic E-state index is 5.68. The minimum absolute atomic E-state index is 0. The summed E-state index contributed by atoms with van der Waals surface area (Å²) in [5.41, 5.74) is 2.36. The predicted molar refractivity (Wildman–Crippen MR) is 120 cm³/mol. The van der Waals surface area contributed by atoms with Crippen LogP contribution in [0.25, 0.3) is 0 Å².